The molecule has 1 rings (SSSR count). The lowest BCUT2D eigenvalue weighted by molar-refractivity contribution is -0.145. The summed E-state index contributed by atoms with van der Waals surface area (Å²) in [7, 11) is 0. The van der Waals surface area contributed by atoms with E-state index in [1.54, 1.807) is 20.8 Å². The Morgan fingerprint density at radius 3 is 2.47 bits per heavy atom. The molecule has 6 heteroatoms. The molecule has 1 aliphatic heterocycles. The molecule has 1 amide bonds. The molecular formula is C11H20N2O4. The third kappa shape index (κ3) is 3.59. The van der Waals surface area contributed by atoms with Crippen LogP contribution < -0.4 is 5.73 Å². The first-order valence-corrected chi connectivity index (χ1v) is 5.70. The maximum atomic E-state index is 11.8. The molecule has 1 heterocycles. The van der Waals surface area contributed by atoms with E-state index in [-0.39, 0.29) is 0 Å². The smallest absolute Gasteiger partial charge is 0.411 e. The number of piperidine rings is 1. The summed E-state index contributed by atoms with van der Waals surface area (Å²) in [5.74, 6) is -1.68. The molecule has 1 fully saturated rings. The quantitative estimate of drug-likeness (QED) is 0.717. The van der Waals surface area contributed by atoms with E-state index in [1.165, 1.54) is 4.90 Å². The number of carboxylic acid groups (broad SMARTS) is 1. The Kier molecular flexibility index (Phi) is 3.98. The molecule has 0 radical (unpaired) electrons. The monoisotopic (exact) mass is 244 g/mol. The second-order valence-electron chi connectivity index (χ2n) is 5.25. The molecule has 0 bridgehead atoms. The molecule has 98 valence electrons. The van der Waals surface area contributed by atoms with E-state index in [0.29, 0.717) is 19.4 Å². The number of carbonyl (C=O) groups is 2. The Bertz CT molecular complexity index is 311. The number of hydrogen-bond acceptors (Lipinski definition) is 4. The van der Waals surface area contributed by atoms with Gasteiger partial charge >= 0.3 is 12.1 Å². The minimum atomic E-state index is -0.967. The molecule has 0 aliphatic carbocycles. The second-order valence-corrected chi connectivity index (χ2v) is 5.25. The zero-order valence-electron chi connectivity index (χ0n) is 10.5. The van der Waals surface area contributed by atoms with Gasteiger partial charge in [0.15, 0.2) is 0 Å². The average Bonchev–Trinajstić information content (AvgIpc) is 2.14. The molecule has 1 unspecified atom stereocenters. The Morgan fingerprint density at radius 2 is 2.00 bits per heavy atom. The molecule has 1 aliphatic rings. The van der Waals surface area contributed by atoms with Crippen molar-refractivity contribution in [2.45, 2.75) is 45.4 Å². The minimum absolute atomic E-state index is 0.444. The van der Waals surface area contributed by atoms with Gasteiger partial charge in [0.2, 0.25) is 0 Å². The highest BCUT2D eigenvalue weighted by Gasteiger charge is 2.37. The number of amides is 1. The van der Waals surface area contributed by atoms with Crippen LogP contribution in [0.3, 0.4) is 0 Å². The van der Waals surface area contributed by atoms with Crippen LogP contribution in [0.25, 0.3) is 0 Å². The van der Waals surface area contributed by atoms with Crippen molar-refractivity contribution in [3.8, 4) is 0 Å². The van der Waals surface area contributed by atoms with Gasteiger partial charge in [-0.25, -0.2) is 4.79 Å². The third-order valence-electron chi connectivity index (χ3n) is 2.63. The summed E-state index contributed by atoms with van der Waals surface area (Å²) in [6, 6.07) is 0. The Labute approximate surface area is 101 Å². The van der Waals surface area contributed by atoms with Crippen LogP contribution in [0.5, 0.6) is 0 Å². The number of aliphatic carboxylic acids is 1. The van der Waals surface area contributed by atoms with E-state index >= 15 is 0 Å². The van der Waals surface area contributed by atoms with Crippen molar-refractivity contribution in [1.82, 2.24) is 4.90 Å². The zero-order chi connectivity index (χ0) is 13.2. The summed E-state index contributed by atoms with van der Waals surface area (Å²) in [4.78, 5) is 24.1. The van der Waals surface area contributed by atoms with Gasteiger partial charge in [0, 0.05) is 6.54 Å². The first kappa shape index (κ1) is 13.8. The molecule has 0 saturated carbocycles. The molecule has 6 nitrogen and oxygen atoms in total. The number of nitrogens with zero attached hydrogens (tertiary/aromatic N) is 1. The molecular weight excluding hydrogens is 224 g/mol. The Hall–Kier alpha value is -1.30. The molecule has 0 aromatic carbocycles. The average molecular weight is 244 g/mol. The van der Waals surface area contributed by atoms with Crippen molar-refractivity contribution < 1.29 is 19.4 Å². The SMILES string of the molecule is CC(C)(C)OC(=O)N1CCC[C@@H](C(=O)O)C1N. The standard InChI is InChI=1S/C11H20N2O4/c1-11(2,3)17-10(16)13-6-4-5-7(8(13)12)9(14)15/h7-8H,4-6,12H2,1-3H3,(H,14,15)/t7-,8?/m1/s1. The molecule has 1 saturated heterocycles. The Balaban J connectivity index is 2.70. The number of carboxylic acids is 1. The largest absolute Gasteiger partial charge is 0.481 e. The van der Waals surface area contributed by atoms with Crippen LogP contribution in [0.2, 0.25) is 0 Å². The molecule has 0 aromatic rings. The predicted molar refractivity (Wildman–Crippen MR) is 61.3 cm³/mol. The van der Waals surface area contributed by atoms with Gasteiger partial charge in [-0.2, -0.15) is 0 Å². The highest BCUT2D eigenvalue weighted by atomic mass is 16.6. The number of rotatable bonds is 1. The fourth-order valence-corrected chi connectivity index (χ4v) is 1.82. The van der Waals surface area contributed by atoms with E-state index in [4.69, 9.17) is 15.6 Å². The zero-order valence-corrected chi connectivity index (χ0v) is 10.5. The normalized spacial score (nSPS) is 25.5. The fraction of sp³-hybridized carbons (Fsp3) is 0.818. The van der Waals surface area contributed by atoms with E-state index in [1.807, 2.05) is 0 Å². The van der Waals surface area contributed by atoms with Gasteiger partial charge in [-0.1, -0.05) is 0 Å². The first-order chi connectivity index (χ1) is 7.72. The van der Waals surface area contributed by atoms with Crippen molar-refractivity contribution in [2.75, 3.05) is 6.54 Å². The van der Waals surface area contributed by atoms with Crippen LogP contribution in [0.1, 0.15) is 33.6 Å². The summed E-state index contributed by atoms with van der Waals surface area (Å²) in [5, 5.41) is 8.98. The van der Waals surface area contributed by atoms with Gasteiger partial charge in [0.1, 0.15) is 5.60 Å². The minimum Gasteiger partial charge on any atom is -0.481 e. The molecule has 3 N–H and O–H groups in total. The van der Waals surface area contributed by atoms with Crippen LogP contribution in [-0.4, -0.2) is 40.4 Å². The van der Waals surface area contributed by atoms with Crippen LogP contribution in [0.4, 0.5) is 4.79 Å². The summed E-state index contributed by atoms with van der Waals surface area (Å²) < 4.78 is 5.19. The van der Waals surface area contributed by atoms with E-state index in [2.05, 4.69) is 0 Å². The van der Waals surface area contributed by atoms with Gasteiger partial charge < -0.3 is 15.6 Å². The lowest BCUT2D eigenvalue weighted by atomic mass is 9.95. The third-order valence-corrected chi connectivity index (χ3v) is 2.63. The predicted octanol–water partition coefficient (Wildman–Crippen LogP) is 1.00. The molecule has 2 atom stereocenters. The van der Waals surface area contributed by atoms with Crippen LogP contribution in [0.15, 0.2) is 0 Å². The lowest BCUT2D eigenvalue weighted by Crippen LogP contribution is -2.56. The number of likely N-dealkylation sites (tertiary alicyclic amines) is 1. The van der Waals surface area contributed by atoms with Gasteiger partial charge in [0.25, 0.3) is 0 Å². The summed E-state index contributed by atoms with van der Waals surface area (Å²) >= 11 is 0. The number of hydrogen-bond donors (Lipinski definition) is 2. The van der Waals surface area contributed by atoms with Gasteiger partial charge in [0.05, 0.1) is 12.1 Å². The lowest BCUT2D eigenvalue weighted by Gasteiger charge is -2.37. The fourth-order valence-electron chi connectivity index (χ4n) is 1.82. The molecule has 0 spiro atoms. The maximum absolute atomic E-state index is 11.8. The molecule has 17 heavy (non-hydrogen) atoms. The molecule has 0 aromatic heterocycles. The van der Waals surface area contributed by atoms with Crippen LogP contribution in [-0.2, 0) is 9.53 Å². The topological polar surface area (TPSA) is 92.9 Å². The number of nitrogens with two attached hydrogens (primary N) is 1. The van der Waals surface area contributed by atoms with Crippen molar-refractivity contribution in [3.05, 3.63) is 0 Å². The number of carbonyl (C=O) groups excluding carboxylic acids is 1. The first-order valence-electron chi connectivity index (χ1n) is 5.70. The highest BCUT2D eigenvalue weighted by Crippen LogP contribution is 2.22. The Morgan fingerprint density at radius 1 is 1.41 bits per heavy atom. The second kappa shape index (κ2) is 4.91. The summed E-state index contributed by atoms with van der Waals surface area (Å²) in [6.45, 7) is 5.72. The van der Waals surface area contributed by atoms with Crippen molar-refractivity contribution in [2.24, 2.45) is 11.7 Å². The van der Waals surface area contributed by atoms with E-state index < -0.39 is 29.7 Å². The number of ether oxygens (including phenoxy) is 1. The summed E-state index contributed by atoms with van der Waals surface area (Å²) in [6.07, 6.45) is -0.230. The van der Waals surface area contributed by atoms with Crippen molar-refractivity contribution in [3.63, 3.8) is 0 Å². The van der Waals surface area contributed by atoms with Crippen LogP contribution in [0, 0.1) is 5.92 Å². The maximum Gasteiger partial charge on any atom is 0.411 e. The van der Waals surface area contributed by atoms with Crippen molar-refractivity contribution >= 4 is 12.1 Å². The van der Waals surface area contributed by atoms with E-state index in [0.717, 1.165) is 0 Å². The van der Waals surface area contributed by atoms with Crippen LogP contribution >= 0.6 is 0 Å². The van der Waals surface area contributed by atoms with Gasteiger partial charge in [-0.05, 0) is 33.6 Å². The van der Waals surface area contributed by atoms with Gasteiger partial charge in [-0.3, -0.25) is 9.69 Å². The van der Waals surface area contributed by atoms with Crippen molar-refractivity contribution in [1.29, 1.82) is 0 Å². The summed E-state index contributed by atoms with van der Waals surface area (Å²) in [5.41, 5.74) is 5.18. The van der Waals surface area contributed by atoms with Gasteiger partial charge in [-0.15, -0.1) is 0 Å². The van der Waals surface area contributed by atoms with E-state index in [9.17, 15) is 9.59 Å². The highest BCUT2D eigenvalue weighted by molar-refractivity contribution is 5.74.